The molecule has 1 amide bonds. The van der Waals surface area contributed by atoms with Crippen LogP contribution in [-0.4, -0.2) is 42.3 Å². The molecule has 0 aromatic carbocycles. The van der Waals surface area contributed by atoms with Crippen molar-refractivity contribution in [2.75, 3.05) is 6.54 Å². The molecule has 8 nitrogen and oxygen atoms in total. The minimum Gasteiger partial charge on any atom is -0.336 e. The summed E-state index contributed by atoms with van der Waals surface area (Å²) in [6.07, 6.45) is 3.25. The fourth-order valence-corrected chi connectivity index (χ4v) is 3.39. The summed E-state index contributed by atoms with van der Waals surface area (Å²) in [5.74, 6) is -0.107. The van der Waals surface area contributed by atoms with Gasteiger partial charge in [-0.1, -0.05) is 0 Å². The van der Waals surface area contributed by atoms with Gasteiger partial charge in [0.1, 0.15) is 6.54 Å². The first kappa shape index (κ1) is 17.2. The highest BCUT2D eigenvalue weighted by Crippen LogP contribution is 2.20. The Balaban J connectivity index is 1.75. The Bertz CT molecular complexity index is 908. The maximum Gasteiger partial charge on any atom is 0.331 e. The van der Waals surface area contributed by atoms with Crippen molar-refractivity contribution in [1.29, 1.82) is 0 Å². The molecular weight excluding hydrogens is 322 g/mol. The van der Waals surface area contributed by atoms with Gasteiger partial charge in [-0.2, -0.15) is 5.10 Å². The molecule has 0 aliphatic carbocycles. The van der Waals surface area contributed by atoms with Crippen LogP contribution in [0.4, 0.5) is 0 Å². The largest absolute Gasteiger partial charge is 0.336 e. The molecule has 1 saturated heterocycles. The maximum atomic E-state index is 12.7. The Morgan fingerprint density at radius 1 is 1.32 bits per heavy atom. The lowest BCUT2D eigenvalue weighted by molar-refractivity contribution is -0.133. The highest BCUT2D eigenvalue weighted by atomic mass is 16.2. The van der Waals surface area contributed by atoms with E-state index in [-0.39, 0.29) is 24.1 Å². The van der Waals surface area contributed by atoms with Crippen LogP contribution in [0.1, 0.15) is 24.2 Å². The van der Waals surface area contributed by atoms with Crippen LogP contribution in [0.3, 0.4) is 0 Å². The van der Waals surface area contributed by atoms with E-state index in [0.29, 0.717) is 13.1 Å². The molecule has 3 rings (SSSR count). The minimum absolute atomic E-state index is 0.0550. The first-order chi connectivity index (χ1) is 11.9. The van der Waals surface area contributed by atoms with Gasteiger partial charge in [-0.3, -0.25) is 23.4 Å². The van der Waals surface area contributed by atoms with Gasteiger partial charge in [-0.05, 0) is 32.8 Å². The predicted octanol–water partition coefficient (Wildman–Crippen LogP) is 0.0515. The van der Waals surface area contributed by atoms with Crippen molar-refractivity contribution in [2.24, 2.45) is 7.05 Å². The van der Waals surface area contributed by atoms with E-state index in [1.807, 2.05) is 29.5 Å². The number of aryl methyl sites for hydroxylation is 2. The molecule has 0 saturated carbocycles. The Morgan fingerprint density at radius 2 is 2.08 bits per heavy atom. The lowest BCUT2D eigenvalue weighted by Gasteiger charge is -2.25. The molecule has 8 heteroatoms. The molecule has 2 aromatic rings. The van der Waals surface area contributed by atoms with Crippen molar-refractivity contribution in [3.8, 4) is 0 Å². The highest BCUT2D eigenvalue weighted by molar-refractivity contribution is 5.76. The molecule has 2 aromatic heterocycles. The fraction of sp³-hybridized carbons (Fsp3) is 0.529. The lowest BCUT2D eigenvalue weighted by atomic mass is 10.2. The summed E-state index contributed by atoms with van der Waals surface area (Å²) in [6, 6.07) is 3.39. The number of nitrogens with zero attached hydrogens (tertiary/aromatic N) is 5. The monoisotopic (exact) mass is 345 g/mol. The van der Waals surface area contributed by atoms with Crippen LogP contribution in [0.5, 0.6) is 0 Å². The molecule has 3 heterocycles. The van der Waals surface area contributed by atoms with Gasteiger partial charge in [0, 0.05) is 31.5 Å². The van der Waals surface area contributed by atoms with Crippen molar-refractivity contribution in [2.45, 2.75) is 45.8 Å². The van der Waals surface area contributed by atoms with Gasteiger partial charge in [0.05, 0.1) is 18.3 Å². The Morgan fingerprint density at radius 3 is 2.76 bits per heavy atom. The quantitative estimate of drug-likeness (QED) is 0.784. The zero-order valence-electron chi connectivity index (χ0n) is 14.8. The first-order valence-electron chi connectivity index (χ1n) is 8.44. The minimum atomic E-state index is -0.477. The van der Waals surface area contributed by atoms with Gasteiger partial charge in [0.25, 0.3) is 5.56 Å². The lowest BCUT2D eigenvalue weighted by Crippen LogP contribution is -2.44. The van der Waals surface area contributed by atoms with E-state index in [4.69, 9.17) is 0 Å². The van der Waals surface area contributed by atoms with E-state index < -0.39 is 5.69 Å². The number of hydrogen-bond donors (Lipinski definition) is 0. The van der Waals surface area contributed by atoms with Crippen molar-refractivity contribution in [3.63, 3.8) is 0 Å². The van der Waals surface area contributed by atoms with Gasteiger partial charge in [-0.25, -0.2) is 4.79 Å². The summed E-state index contributed by atoms with van der Waals surface area (Å²) in [5.41, 5.74) is 1.18. The molecule has 25 heavy (non-hydrogen) atoms. The third kappa shape index (κ3) is 3.42. The summed E-state index contributed by atoms with van der Waals surface area (Å²) in [6.45, 7) is 5.25. The standard InChI is InChI=1S/C17H23N5O3/c1-12-9-13(2)22(18-12)10-14-5-4-7-21(14)16(24)11-20-8-6-15(23)19(3)17(20)25/h6,8-9,14H,4-5,7,10-11H2,1-3H3/t14-/m0/s1. The van der Waals surface area contributed by atoms with Crippen molar-refractivity contribution < 1.29 is 4.79 Å². The Hall–Kier alpha value is -2.64. The van der Waals surface area contributed by atoms with Crippen LogP contribution >= 0.6 is 0 Å². The Labute approximate surface area is 145 Å². The second-order valence-corrected chi connectivity index (χ2v) is 6.62. The average Bonchev–Trinajstić information content (AvgIpc) is 3.15. The topological polar surface area (TPSA) is 82.1 Å². The normalized spacial score (nSPS) is 17.2. The maximum absolute atomic E-state index is 12.7. The van der Waals surface area contributed by atoms with Gasteiger partial charge in [-0.15, -0.1) is 0 Å². The van der Waals surface area contributed by atoms with E-state index in [0.717, 1.165) is 28.8 Å². The van der Waals surface area contributed by atoms with Crippen molar-refractivity contribution in [3.05, 3.63) is 50.6 Å². The first-order valence-corrected chi connectivity index (χ1v) is 8.44. The second-order valence-electron chi connectivity index (χ2n) is 6.62. The number of amides is 1. The summed E-state index contributed by atoms with van der Waals surface area (Å²) >= 11 is 0. The zero-order valence-corrected chi connectivity index (χ0v) is 14.8. The van der Waals surface area contributed by atoms with Gasteiger partial charge in [0.2, 0.25) is 5.91 Å². The second kappa shape index (κ2) is 6.70. The highest BCUT2D eigenvalue weighted by Gasteiger charge is 2.29. The molecule has 1 aliphatic rings. The Kier molecular flexibility index (Phi) is 4.61. The van der Waals surface area contributed by atoms with Crippen LogP contribution in [0.2, 0.25) is 0 Å². The zero-order chi connectivity index (χ0) is 18.1. The van der Waals surface area contributed by atoms with Crippen LogP contribution < -0.4 is 11.2 Å². The van der Waals surface area contributed by atoms with Gasteiger partial charge < -0.3 is 4.90 Å². The summed E-state index contributed by atoms with van der Waals surface area (Å²) in [5, 5.41) is 4.47. The third-order valence-electron chi connectivity index (χ3n) is 4.75. The molecule has 0 radical (unpaired) electrons. The van der Waals surface area contributed by atoms with Crippen LogP contribution in [0, 0.1) is 13.8 Å². The van der Waals surface area contributed by atoms with E-state index in [2.05, 4.69) is 5.10 Å². The van der Waals surface area contributed by atoms with E-state index in [1.165, 1.54) is 23.9 Å². The van der Waals surface area contributed by atoms with E-state index >= 15 is 0 Å². The smallest absolute Gasteiger partial charge is 0.331 e. The summed E-state index contributed by atoms with van der Waals surface area (Å²) < 4.78 is 4.22. The van der Waals surface area contributed by atoms with E-state index in [1.54, 1.807) is 0 Å². The molecule has 1 aliphatic heterocycles. The number of likely N-dealkylation sites (tertiary alicyclic amines) is 1. The molecular formula is C17H23N5O3. The molecule has 0 bridgehead atoms. The number of rotatable bonds is 4. The average molecular weight is 345 g/mol. The molecule has 0 N–H and O–H groups in total. The summed E-state index contributed by atoms with van der Waals surface area (Å²) in [7, 11) is 1.41. The van der Waals surface area contributed by atoms with Gasteiger partial charge >= 0.3 is 5.69 Å². The van der Waals surface area contributed by atoms with E-state index in [9.17, 15) is 14.4 Å². The molecule has 1 atom stereocenters. The van der Waals surface area contributed by atoms with Crippen molar-refractivity contribution in [1.82, 2.24) is 23.8 Å². The number of aromatic nitrogens is 4. The van der Waals surface area contributed by atoms with Crippen LogP contribution in [-0.2, 0) is 24.9 Å². The molecule has 1 fully saturated rings. The van der Waals surface area contributed by atoms with Crippen LogP contribution in [0.25, 0.3) is 0 Å². The number of hydrogen-bond acceptors (Lipinski definition) is 4. The molecule has 134 valence electrons. The third-order valence-corrected chi connectivity index (χ3v) is 4.75. The predicted molar refractivity (Wildman–Crippen MR) is 92.4 cm³/mol. The van der Waals surface area contributed by atoms with Crippen molar-refractivity contribution >= 4 is 5.91 Å². The van der Waals surface area contributed by atoms with Gasteiger partial charge in [0.15, 0.2) is 0 Å². The number of carbonyl (C=O) groups excluding carboxylic acids is 1. The SMILES string of the molecule is Cc1cc(C)n(C[C@@H]2CCCN2C(=O)Cn2ccc(=O)n(C)c2=O)n1. The fourth-order valence-electron chi connectivity index (χ4n) is 3.39. The number of carbonyl (C=O) groups is 1. The molecule has 0 spiro atoms. The van der Waals surface area contributed by atoms with Crippen LogP contribution in [0.15, 0.2) is 27.9 Å². The summed E-state index contributed by atoms with van der Waals surface area (Å²) in [4.78, 5) is 38.1. The molecule has 0 unspecified atom stereocenters.